The number of benzene rings is 2. The number of halogens is 5. The molecular formula is C19H12Cl2F3N3O. The second-order valence-corrected chi connectivity index (χ2v) is 7.20. The molecule has 0 bridgehead atoms. The third kappa shape index (κ3) is 3.47. The molecule has 28 heavy (non-hydrogen) atoms. The van der Waals surface area contributed by atoms with Crippen molar-refractivity contribution in [2.45, 2.75) is 12.7 Å². The van der Waals surface area contributed by atoms with Crippen molar-refractivity contribution in [2.75, 3.05) is 6.54 Å². The molecule has 0 saturated heterocycles. The minimum absolute atomic E-state index is 0.113. The summed E-state index contributed by atoms with van der Waals surface area (Å²) in [6.45, 7) is -1.53. The van der Waals surface area contributed by atoms with Crippen LogP contribution in [0.25, 0.3) is 17.1 Å². The Hall–Kier alpha value is -2.51. The van der Waals surface area contributed by atoms with Crippen LogP contribution in [0.4, 0.5) is 13.2 Å². The van der Waals surface area contributed by atoms with Crippen molar-refractivity contribution in [3.63, 3.8) is 0 Å². The highest BCUT2D eigenvalue weighted by atomic mass is 35.5. The van der Waals surface area contributed by atoms with Gasteiger partial charge in [0.2, 0.25) is 0 Å². The maximum atomic E-state index is 12.8. The topological polar surface area (TPSA) is 38.1 Å². The molecule has 1 aliphatic heterocycles. The quantitative estimate of drug-likeness (QED) is 0.566. The molecule has 0 unspecified atom stereocenters. The summed E-state index contributed by atoms with van der Waals surface area (Å²) in [7, 11) is 0. The molecule has 0 spiro atoms. The highest BCUT2D eigenvalue weighted by Gasteiger charge is 2.41. The van der Waals surface area contributed by atoms with Crippen LogP contribution in [0, 0.1) is 0 Å². The SMILES string of the molecule is O=C1c2c(nc(-c3cccc(Cl)c3)n2-c2ccc(Cl)cc2)CN1CC(F)(F)F. The number of alkyl halides is 3. The summed E-state index contributed by atoms with van der Waals surface area (Å²) in [5.41, 5.74) is 1.61. The maximum absolute atomic E-state index is 12.8. The molecule has 0 aliphatic carbocycles. The number of carbonyl (C=O) groups is 1. The molecule has 0 radical (unpaired) electrons. The fourth-order valence-electron chi connectivity index (χ4n) is 3.20. The van der Waals surface area contributed by atoms with Crippen molar-refractivity contribution < 1.29 is 18.0 Å². The summed E-state index contributed by atoms with van der Waals surface area (Å²) in [6, 6.07) is 13.5. The summed E-state index contributed by atoms with van der Waals surface area (Å²) in [5.74, 6) is -0.294. The molecule has 1 aromatic heterocycles. The van der Waals surface area contributed by atoms with Gasteiger partial charge in [-0.15, -0.1) is 0 Å². The second kappa shape index (κ2) is 6.83. The van der Waals surface area contributed by atoms with E-state index in [9.17, 15) is 18.0 Å². The van der Waals surface area contributed by atoms with Crippen molar-refractivity contribution in [3.8, 4) is 17.1 Å². The summed E-state index contributed by atoms with van der Waals surface area (Å²) >= 11 is 12.0. The van der Waals surface area contributed by atoms with Gasteiger partial charge in [0.15, 0.2) is 0 Å². The minimum atomic E-state index is -4.49. The number of aromatic nitrogens is 2. The van der Waals surface area contributed by atoms with Gasteiger partial charge in [-0.3, -0.25) is 9.36 Å². The van der Waals surface area contributed by atoms with E-state index in [0.717, 1.165) is 4.90 Å². The molecule has 144 valence electrons. The van der Waals surface area contributed by atoms with E-state index in [2.05, 4.69) is 4.98 Å². The Morgan fingerprint density at radius 2 is 1.75 bits per heavy atom. The van der Waals surface area contributed by atoms with Crippen LogP contribution in [-0.4, -0.2) is 33.1 Å². The second-order valence-electron chi connectivity index (χ2n) is 6.33. The number of amides is 1. The van der Waals surface area contributed by atoms with E-state index in [0.29, 0.717) is 32.8 Å². The summed E-state index contributed by atoms with van der Waals surface area (Å²) in [6.07, 6.45) is -4.49. The smallest absolute Gasteiger partial charge is 0.322 e. The van der Waals surface area contributed by atoms with Crippen LogP contribution in [0.1, 0.15) is 16.2 Å². The van der Waals surface area contributed by atoms with Crippen molar-refractivity contribution >= 4 is 29.1 Å². The average Bonchev–Trinajstić information content (AvgIpc) is 3.12. The molecule has 9 heteroatoms. The molecule has 0 fully saturated rings. The molecular weight excluding hydrogens is 414 g/mol. The molecule has 0 N–H and O–H groups in total. The monoisotopic (exact) mass is 425 g/mol. The van der Waals surface area contributed by atoms with Gasteiger partial charge in [0.05, 0.1) is 12.2 Å². The first-order chi connectivity index (χ1) is 13.2. The number of hydrogen-bond donors (Lipinski definition) is 0. The van der Waals surface area contributed by atoms with E-state index < -0.39 is 18.6 Å². The maximum Gasteiger partial charge on any atom is 0.406 e. The lowest BCUT2D eigenvalue weighted by Gasteiger charge is -2.19. The van der Waals surface area contributed by atoms with Gasteiger partial charge in [-0.1, -0.05) is 35.3 Å². The zero-order valence-corrected chi connectivity index (χ0v) is 15.7. The van der Waals surface area contributed by atoms with Gasteiger partial charge in [0, 0.05) is 21.3 Å². The molecule has 3 aromatic rings. The Balaban J connectivity index is 1.87. The van der Waals surface area contributed by atoms with Crippen molar-refractivity contribution in [3.05, 3.63) is 70.0 Å². The number of imidazole rings is 1. The highest BCUT2D eigenvalue weighted by molar-refractivity contribution is 6.31. The van der Waals surface area contributed by atoms with Crippen molar-refractivity contribution in [2.24, 2.45) is 0 Å². The van der Waals surface area contributed by atoms with Crippen LogP contribution in [0.5, 0.6) is 0 Å². The largest absolute Gasteiger partial charge is 0.406 e. The first kappa shape index (κ1) is 18.8. The normalized spacial score (nSPS) is 13.9. The van der Waals surface area contributed by atoms with E-state index in [1.807, 2.05) is 0 Å². The van der Waals surface area contributed by atoms with Crippen molar-refractivity contribution in [1.29, 1.82) is 0 Å². The number of carbonyl (C=O) groups excluding carboxylic acids is 1. The van der Waals surface area contributed by atoms with Crippen LogP contribution in [-0.2, 0) is 6.54 Å². The lowest BCUT2D eigenvalue weighted by Crippen LogP contribution is -2.35. The molecule has 2 heterocycles. The number of hydrogen-bond acceptors (Lipinski definition) is 2. The van der Waals surface area contributed by atoms with Gasteiger partial charge in [-0.2, -0.15) is 13.2 Å². The summed E-state index contributed by atoms with van der Waals surface area (Å²) in [4.78, 5) is 18.0. The van der Waals surface area contributed by atoms with Gasteiger partial charge >= 0.3 is 6.18 Å². The van der Waals surface area contributed by atoms with Gasteiger partial charge in [0.25, 0.3) is 5.91 Å². The molecule has 4 rings (SSSR count). The zero-order valence-electron chi connectivity index (χ0n) is 14.2. The fraction of sp³-hybridized carbons (Fsp3) is 0.158. The van der Waals surface area contributed by atoms with E-state index in [-0.39, 0.29) is 12.2 Å². The van der Waals surface area contributed by atoms with Crippen LogP contribution in [0.15, 0.2) is 48.5 Å². The highest BCUT2D eigenvalue weighted by Crippen LogP contribution is 2.34. The minimum Gasteiger partial charge on any atom is -0.322 e. The van der Waals surface area contributed by atoms with Crippen LogP contribution in [0.3, 0.4) is 0 Å². The Morgan fingerprint density at radius 3 is 2.39 bits per heavy atom. The molecule has 2 aromatic carbocycles. The predicted octanol–water partition coefficient (Wildman–Crippen LogP) is 5.36. The van der Waals surface area contributed by atoms with Crippen LogP contribution >= 0.6 is 23.2 Å². The van der Waals surface area contributed by atoms with Crippen molar-refractivity contribution in [1.82, 2.24) is 14.5 Å². The van der Waals surface area contributed by atoms with Crippen LogP contribution in [0.2, 0.25) is 10.0 Å². The predicted molar refractivity (Wildman–Crippen MR) is 99.8 cm³/mol. The lowest BCUT2D eigenvalue weighted by molar-refractivity contribution is -0.141. The Labute approximate surface area is 168 Å². The number of fused-ring (bicyclic) bond motifs is 1. The van der Waals surface area contributed by atoms with Gasteiger partial charge in [-0.05, 0) is 36.4 Å². The Bertz CT molecular complexity index is 1060. The van der Waals surface area contributed by atoms with E-state index >= 15 is 0 Å². The van der Waals surface area contributed by atoms with Crippen LogP contribution < -0.4 is 0 Å². The third-order valence-electron chi connectivity index (χ3n) is 4.32. The number of rotatable bonds is 3. The molecule has 1 amide bonds. The average molecular weight is 426 g/mol. The molecule has 1 aliphatic rings. The van der Waals surface area contributed by atoms with Gasteiger partial charge < -0.3 is 4.90 Å². The van der Waals surface area contributed by atoms with E-state index in [1.54, 1.807) is 53.1 Å². The molecule has 0 atom stereocenters. The first-order valence-corrected chi connectivity index (χ1v) is 8.98. The first-order valence-electron chi connectivity index (χ1n) is 8.22. The zero-order chi connectivity index (χ0) is 20.1. The van der Waals surface area contributed by atoms with Gasteiger partial charge in [-0.25, -0.2) is 4.98 Å². The lowest BCUT2D eigenvalue weighted by atomic mass is 10.2. The Morgan fingerprint density at radius 1 is 1.04 bits per heavy atom. The van der Waals surface area contributed by atoms with E-state index in [1.165, 1.54) is 0 Å². The third-order valence-corrected chi connectivity index (χ3v) is 4.80. The summed E-state index contributed by atoms with van der Waals surface area (Å²) < 4.78 is 40.0. The van der Waals surface area contributed by atoms with Gasteiger partial charge in [0.1, 0.15) is 18.1 Å². The summed E-state index contributed by atoms with van der Waals surface area (Å²) in [5, 5.41) is 0.975. The standard InChI is InChI=1S/C19H12Cl2F3N3O/c20-12-4-6-14(7-5-12)27-16-15(9-26(18(16)28)10-19(22,23)24)25-17(27)11-2-1-3-13(21)8-11/h1-8H,9-10H2. The molecule has 4 nitrogen and oxygen atoms in total. The van der Waals surface area contributed by atoms with E-state index in [4.69, 9.17) is 23.2 Å². The molecule has 0 saturated carbocycles. The number of nitrogens with zero attached hydrogens (tertiary/aromatic N) is 3. The fourth-order valence-corrected chi connectivity index (χ4v) is 3.52. The Kier molecular flexibility index (Phi) is 4.59.